The molecule has 0 aromatic heterocycles. The lowest BCUT2D eigenvalue weighted by Gasteiger charge is -2.35. The molecule has 1 N–H and O–H groups in total. The Balaban J connectivity index is 2.79. The number of allylic oxidation sites excluding steroid dienone is 2. The maximum atomic E-state index is 12.4. The first-order valence-electron chi connectivity index (χ1n) is 6.36. The van der Waals surface area contributed by atoms with Crippen molar-refractivity contribution in [3.63, 3.8) is 0 Å². The van der Waals surface area contributed by atoms with Crippen LogP contribution in [0.15, 0.2) is 25.3 Å². The normalized spacial score (nSPS) is 19.6. The Kier molecular flexibility index (Phi) is 5.62. The summed E-state index contributed by atoms with van der Waals surface area (Å²) in [7, 11) is 0. The molecular weight excluding hydrogens is 230 g/mol. The molecule has 0 saturated carbocycles. The Hall–Kier alpha value is -1.58. The number of carbonyl (C=O) groups is 2. The van der Waals surface area contributed by atoms with E-state index in [1.54, 1.807) is 12.2 Å². The van der Waals surface area contributed by atoms with Crippen LogP contribution >= 0.6 is 0 Å². The molecule has 1 aliphatic rings. The molecule has 0 aliphatic carbocycles. The van der Waals surface area contributed by atoms with Gasteiger partial charge in [-0.15, -0.1) is 13.2 Å². The summed E-state index contributed by atoms with van der Waals surface area (Å²) >= 11 is 0. The van der Waals surface area contributed by atoms with E-state index in [0.717, 1.165) is 12.8 Å². The molecule has 1 rings (SSSR count). The van der Waals surface area contributed by atoms with E-state index in [1.165, 1.54) is 4.90 Å². The third-order valence-corrected chi connectivity index (χ3v) is 3.32. The van der Waals surface area contributed by atoms with Crippen molar-refractivity contribution in [1.82, 2.24) is 4.90 Å². The van der Waals surface area contributed by atoms with Crippen LogP contribution in [-0.4, -0.2) is 34.5 Å². The van der Waals surface area contributed by atoms with Crippen molar-refractivity contribution in [3.8, 4) is 0 Å². The topological polar surface area (TPSA) is 57.6 Å². The van der Waals surface area contributed by atoms with Gasteiger partial charge in [-0.1, -0.05) is 12.2 Å². The number of amides is 1. The van der Waals surface area contributed by atoms with E-state index in [1.807, 2.05) is 0 Å². The molecule has 1 heterocycles. The molecular formula is C14H21NO3. The minimum atomic E-state index is -0.904. The van der Waals surface area contributed by atoms with Crippen LogP contribution in [0, 0.1) is 5.92 Å². The highest BCUT2D eigenvalue weighted by molar-refractivity contribution is 5.85. The highest BCUT2D eigenvalue weighted by atomic mass is 16.4. The fourth-order valence-electron chi connectivity index (χ4n) is 2.39. The van der Waals surface area contributed by atoms with E-state index in [4.69, 9.17) is 5.11 Å². The van der Waals surface area contributed by atoms with Crippen molar-refractivity contribution >= 4 is 11.9 Å². The Morgan fingerprint density at radius 3 is 2.39 bits per heavy atom. The monoisotopic (exact) mass is 251 g/mol. The molecule has 1 atom stereocenters. The first-order chi connectivity index (χ1) is 8.61. The summed E-state index contributed by atoms with van der Waals surface area (Å²) in [5, 5.41) is 9.16. The van der Waals surface area contributed by atoms with Gasteiger partial charge in [0.25, 0.3) is 0 Å². The zero-order valence-electron chi connectivity index (χ0n) is 10.7. The van der Waals surface area contributed by atoms with Crippen molar-refractivity contribution in [2.75, 3.05) is 6.54 Å². The standard InChI is InChI=1S/C14H21NO3/c1-3-7-11(8-4-2)13(16)15-10-6-5-9-12(15)14(17)18/h3-4,11-12H,1-2,5-10H2,(H,17,18)/t12-/m1/s1. The second kappa shape index (κ2) is 6.99. The van der Waals surface area contributed by atoms with Crippen molar-refractivity contribution in [2.24, 2.45) is 5.92 Å². The lowest BCUT2D eigenvalue weighted by atomic mass is 9.95. The number of rotatable bonds is 6. The second-order valence-electron chi connectivity index (χ2n) is 4.63. The highest BCUT2D eigenvalue weighted by Gasteiger charge is 2.34. The molecule has 0 spiro atoms. The average Bonchev–Trinajstić information content (AvgIpc) is 2.37. The average molecular weight is 251 g/mol. The van der Waals surface area contributed by atoms with Crippen LogP contribution < -0.4 is 0 Å². The Morgan fingerprint density at radius 1 is 1.28 bits per heavy atom. The molecule has 0 aromatic rings. The maximum absolute atomic E-state index is 12.4. The first-order valence-corrected chi connectivity index (χ1v) is 6.36. The second-order valence-corrected chi connectivity index (χ2v) is 4.63. The summed E-state index contributed by atoms with van der Waals surface area (Å²) in [5.74, 6) is -1.21. The van der Waals surface area contributed by atoms with Gasteiger partial charge >= 0.3 is 5.97 Å². The van der Waals surface area contributed by atoms with E-state index < -0.39 is 12.0 Å². The lowest BCUT2D eigenvalue weighted by Crippen LogP contribution is -2.50. The summed E-state index contributed by atoms with van der Waals surface area (Å²) in [5.41, 5.74) is 0. The fourth-order valence-corrected chi connectivity index (χ4v) is 2.39. The van der Waals surface area contributed by atoms with Crippen LogP contribution in [0.4, 0.5) is 0 Å². The van der Waals surface area contributed by atoms with Gasteiger partial charge in [-0.25, -0.2) is 4.79 Å². The van der Waals surface area contributed by atoms with Gasteiger partial charge in [-0.3, -0.25) is 4.79 Å². The summed E-state index contributed by atoms with van der Waals surface area (Å²) in [4.78, 5) is 25.1. The van der Waals surface area contributed by atoms with Gasteiger partial charge in [0, 0.05) is 12.5 Å². The van der Waals surface area contributed by atoms with E-state index in [9.17, 15) is 9.59 Å². The molecule has 4 nitrogen and oxygen atoms in total. The number of carbonyl (C=O) groups excluding carboxylic acids is 1. The number of carboxylic acid groups (broad SMARTS) is 1. The molecule has 0 radical (unpaired) electrons. The van der Waals surface area contributed by atoms with E-state index in [2.05, 4.69) is 13.2 Å². The third kappa shape index (κ3) is 3.45. The quantitative estimate of drug-likeness (QED) is 0.736. The molecule has 0 aromatic carbocycles. The number of nitrogens with zero attached hydrogens (tertiary/aromatic N) is 1. The number of likely N-dealkylation sites (tertiary alicyclic amines) is 1. The lowest BCUT2D eigenvalue weighted by molar-refractivity contribution is -0.153. The fraction of sp³-hybridized carbons (Fsp3) is 0.571. The number of piperidine rings is 1. The van der Waals surface area contributed by atoms with Gasteiger partial charge in [-0.05, 0) is 32.1 Å². The Labute approximate surface area is 108 Å². The van der Waals surface area contributed by atoms with Gasteiger partial charge < -0.3 is 10.0 Å². The number of hydrogen-bond donors (Lipinski definition) is 1. The summed E-state index contributed by atoms with van der Waals surface area (Å²) in [6, 6.07) is -0.664. The van der Waals surface area contributed by atoms with Gasteiger partial charge in [0.05, 0.1) is 0 Å². The number of hydrogen-bond acceptors (Lipinski definition) is 2. The van der Waals surface area contributed by atoms with Gasteiger partial charge in [-0.2, -0.15) is 0 Å². The molecule has 0 bridgehead atoms. The van der Waals surface area contributed by atoms with Crippen LogP contribution in [0.2, 0.25) is 0 Å². The summed E-state index contributed by atoms with van der Waals surface area (Å²) in [6.07, 6.45) is 6.83. The van der Waals surface area contributed by atoms with Crippen LogP contribution in [0.5, 0.6) is 0 Å². The maximum Gasteiger partial charge on any atom is 0.326 e. The molecule has 1 aliphatic heterocycles. The minimum absolute atomic E-state index is 0.0816. The predicted molar refractivity (Wildman–Crippen MR) is 70.1 cm³/mol. The molecule has 1 saturated heterocycles. The number of aliphatic carboxylic acids is 1. The van der Waals surface area contributed by atoms with Crippen LogP contribution in [-0.2, 0) is 9.59 Å². The zero-order chi connectivity index (χ0) is 13.5. The van der Waals surface area contributed by atoms with E-state index in [0.29, 0.717) is 25.8 Å². The van der Waals surface area contributed by atoms with Crippen LogP contribution in [0.3, 0.4) is 0 Å². The summed E-state index contributed by atoms with van der Waals surface area (Å²) < 4.78 is 0. The smallest absolute Gasteiger partial charge is 0.326 e. The third-order valence-electron chi connectivity index (χ3n) is 3.32. The molecule has 4 heteroatoms. The van der Waals surface area contributed by atoms with Gasteiger partial charge in [0.2, 0.25) is 5.91 Å². The largest absolute Gasteiger partial charge is 0.480 e. The Bertz CT molecular complexity index is 328. The van der Waals surface area contributed by atoms with E-state index >= 15 is 0 Å². The Morgan fingerprint density at radius 2 is 1.89 bits per heavy atom. The van der Waals surface area contributed by atoms with Crippen LogP contribution in [0.1, 0.15) is 32.1 Å². The van der Waals surface area contributed by atoms with Crippen molar-refractivity contribution < 1.29 is 14.7 Å². The van der Waals surface area contributed by atoms with E-state index in [-0.39, 0.29) is 11.8 Å². The van der Waals surface area contributed by atoms with Crippen LogP contribution in [0.25, 0.3) is 0 Å². The first kappa shape index (κ1) is 14.5. The molecule has 1 fully saturated rings. The zero-order valence-corrected chi connectivity index (χ0v) is 10.7. The van der Waals surface area contributed by atoms with Crippen molar-refractivity contribution in [3.05, 3.63) is 25.3 Å². The van der Waals surface area contributed by atoms with Crippen molar-refractivity contribution in [2.45, 2.75) is 38.1 Å². The van der Waals surface area contributed by atoms with Crippen molar-refractivity contribution in [1.29, 1.82) is 0 Å². The molecule has 1 amide bonds. The highest BCUT2D eigenvalue weighted by Crippen LogP contribution is 2.22. The predicted octanol–water partition coefficient (Wildman–Crippen LogP) is 2.22. The van der Waals surface area contributed by atoms with Gasteiger partial charge in [0.15, 0.2) is 0 Å². The number of carboxylic acids is 1. The molecule has 18 heavy (non-hydrogen) atoms. The summed E-state index contributed by atoms with van der Waals surface area (Å²) in [6.45, 7) is 7.83. The van der Waals surface area contributed by atoms with Gasteiger partial charge in [0.1, 0.15) is 6.04 Å². The minimum Gasteiger partial charge on any atom is -0.480 e. The molecule has 100 valence electrons. The SMILES string of the molecule is C=CCC(CC=C)C(=O)N1CCCC[C@@H]1C(=O)O. The molecule has 0 unspecified atom stereocenters.